The highest BCUT2D eigenvalue weighted by Crippen LogP contribution is 2.62. The van der Waals surface area contributed by atoms with Gasteiger partial charge in [0.2, 0.25) is 40.3 Å². The minimum Gasteiger partial charge on any atom is -0.504 e. The predicted molar refractivity (Wildman–Crippen MR) is 137 cm³/mol. The Balaban J connectivity index is 1.94. The molecular formula is C24H29NO22. The normalized spacial score (nSPS) is 24.9. The molecule has 262 valence electrons. The van der Waals surface area contributed by atoms with Gasteiger partial charge >= 0.3 is 0 Å². The number of methoxy groups -OCH3 is 2. The number of nitrogens with zero attached hydrogens (tertiary/aromatic N) is 1. The van der Waals surface area contributed by atoms with Crippen molar-refractivity contribution < 1.29 is 111 Å². The van der Waals surface area contributed by atoms with Gasteiger partial charge < -0.3 is 106 Å². The molecule has 23 nitrogen and oxygen atoms in total. The van der Waals surface area contributed by atoms with Gasteiger partial charge in [0, 0.05) is 13.0 Å². The number of aromatic hydroxyl groups is 7. The van der Waals surface area contributed by atoms with E-state index in [1.807, 2.05) is 0 Å². The number of ketones is 1. The first kappa shape index (κ1) is 35.6. The molecule has 23 heteroatoms. The van der Waals surface area contributed by atoms with E-state index in [4.69, 9.17) is 9.47 Å². The van der Waals surface area contributed by atoms with Crippen LogP contribution >= 0.6 is 0 Å². The second kappa shape index (κ2) is 9.90. The number of aliphatic hydroxyl groups is 12. The Bertz CT molecular complexity index is 1620. The third-order valence-electron chi connectivity index (χ3n) is 8.43. The molecule has 0 amide bonds. The maximum atomic E-state index is 13.4. The maximum Gasteiger partial charge on any atom is 0.289 e. The number of carbonyl (C=O) groups is 1. The predicted octanol–water partition coefficient (Wildman–Crippen LogP) is -7.02. The summed E-state index contributed by atoms with van der Waals surface area (Å²) in [6, 6.07) is 0. The summed E-state index contributed by atoms with van der Waals surface area (Å²) in [5.74, 6) is -39.6. The molecule has 0 radical (unpaired) electrons. The number of hydrogen-bond donors (Lipinski definition) is 19. The molecule has 4 rings (SSSR count). The summed E-state index contributed by atoms with van der Waals surface area (Å²) in [4.78, 5) is 12.4. The Labute approximate surface area is 258 Å². The summed E-state index contributed by atoms with van der Waals surface area (Å²) in [6.45, 7) is -2.01. The number of piperidine rings is 1. The topological polar surface area (TPSA) is 423 Å². The SMILES string of the molecule is COc1c(O)c2c(c(O)c1OC)C(O)(O)C(O)(CC1(O)C(O)(O)C(O)(O)N(Cc3c(O)c(O)c(O)c(O)c3O)C(O)(O)C1(O)O)C2=O. The van der Waals surface area contributed by atoms with Crippen LogP contribution in [-0.4, -0.2) is 157 Å². The highest BCUT2D eigenvalue weighted by molar-refractivity contribution is 6.12. The van der Waals surface area contributed by atoms with E-state index in [0.29, 0.717) is 0 Å². The zero-order chi connectivity index (χ0) is 36.4. The van der Waals surface area contributed by atoms with Gasteiger partial charge in [0.15, 0.2) is 34.2 Å². The number of rotatable bonds is 6. The minimum absolute atomic E-state index is 0.849. The van der Waals surface area contributed by atoms with E-state index in [1.165, 1.54) is 0 Å². The standard InChI is InChI=1S/C24H29NO22/c1-46-15-10(28)6-7(11(29)16(15)47-2)20(36,37)18(34,17(6)33)4-19(35)21(38,39)23(42,43)25(24(44,45)22(19,40)41)3-5-8(26)12(30)14(32)13(31)9(5)27/h26-32,34-45H,3-4H2,1-2H3. The summed E-state index contributed by atoms with van der Waals surface area (Å²) >= 11 is 0. The van der Waals surface area contributed by atoms with E-state index >= 15 is 0 Å². The van der Waals surface area contributed by atoms with Crippen LogP contribution in [0.15, 0.2) is 0 Å². The number of hydrogen-bond acceptors (Lipinski definition) is 23. The van der Waals surface area contributed by atoms with Crippen molar-refractivity contribution >= 4 is 5.78 Å². The van der Waals surface area contributed by atoms with Gasteiger partial charge in [-0.25, -0.2) is 0 Å². The van der Waals surface area contributed by atoms with Gasteiger partial charge in [-0.1, -0.05) is 0 Å². The van der Waals surface area contributed by atoms with Crippen molar-refractivity contribution in [1.82, 2.24) is 4.90 Å². The number of ether oxygens (including phenoxy) is 2. The van der Waals surface area contributed by atoms with E-state index in [0.717, 1.165) is 14.2 Å². The van der Waals surface area contributed by atoms with Gasteiger partial charge in [-0.2, -0.15) is 4.90 Å². The first-order valence-electron chi connectivity index (χ1n) is 12.5. The fourth-order valence-electron chi connectivity index (χ4n) is 5.66. The first-order chi connectivity index (χ1) is 21.1. The van der Waals surface area contributed by atoms with Crippen LogP contribution in [0.25, 0.3) is 0 Å². The number of benzene rings is 2. The van der Waals surface area contributed by atoms with Crippen molar-refractivity contribution in [2.75, 3.05) is 14.2 Å². The molecule has 47 heavy (non-hydrogen) atoms. The Morgan fingerprint density at radius 2 is 0.957 bits per heavy atom. The minimum atomic E-state index is -5.18. The van der Waals surface area contributed by atoms with Gasteiger partial charge in [-0.15, -0.1) is 0 Å². The Hall–Kier alpha value is -4.21. The molecule has 2 aromatic carbocycles. The molecule has 1 atom stereocenters. The van der Waals surface area contributed by atoms with Crippen molar-refractivity contribution in [3.8, 4) is 51.7 Å². The quantitative estimate of drug-likeness (QED) is 0.0763. The fraction of sp³-hybridized carbons (Fsp3) is 0.458. The summed E-state index contributed by atoms with van der Waals surface area (Å²) in [5, 5.41) is 202. The number of phenolic OH excluding ortho intramolecular Hbond substituents is 7. The lowest BCUT2D eigenvalue weighted by atomic mass is 9.67. The van der Waals surface area contributed by atoms with Crippen molar-refractivity contribution in [3.63, 3.8) is 0 Å². The lowest BCUT2D eigenvalue weighted by Gasteiger charge is -2.63. The number of fused-ring (bicyclic) bond motifs is 1. The van der Waals surface area contributed by atoms with Crippen LogP contribution in [0.1, 0.15) is 27.9 Å². The molecule has 1 aliphatic carbocycles. The lowest BCUT2D eigenvalue weighted by molar-refractivity contribution is -0.599. The summed E-state index contributed by atoms with van der Waals surface area (Å²) < 4.78 is 9.57. The molecule has 0 spiro atoms. The first-order valence-corrected chi connectivity index (χ1v) is 12.5. The molecule has 2 aromatic rings. The zero-order valence-electron chi connectivity index (χ0n) is 23.6. The van der Waals surface area contributed by atoms with Crippen molar-refractivity contribution in [2.24, 2.45) is 0 Å². The van der Waals surface area contributed by atoms with Gasteiger partial charge in [0.05, 0.1) is 30.9 Å². The van der Waals surface area contributed by atoms with E-state index in [-0.39, 0.29) is 0 Å². The maximum absolute atomic E-state index is 13.4. The molecule has 2 aliphatic rings. The van der Waals surface area contributed by atoms with E-state index in [9.17, 15) is 102 Å². The molecular weight excluding hydrogens is 654 g/mol. The van der Waals surface area contributed by atoms with E-state index in [1.54, 1.807) is 0 Å². The van der Waals surface area contributed by atoms with Gasteiger partial charge in [-0.05, 0) is 0 Å². The molecule has 19 N–H and O–H groups in total. The van der Waals surface area contributed by atoms with Crippen LogP contribution in [0.3, 0.4) is 0 Å². The average Bonchev–Trinajstić information content (AvgIpc) is 3.12. The lowest BCUT2D eigenvalue weighted by Crippen LogP contribution is -2.93. The Kier molecular flexibility index (Phi) is 7.51. The molecule has 0 saturated carbocycles. The number of carbonyl (C=O) groups excluding carboxylic acids is 1. The third-order valence-corrected chi connectivity index (χ3v) is 8.43. The molecule has 1 fully saturated rings. The number of likely N-dealkylation sites (tertiary alicyclic amines) is 1. The fourth-order valence-corrected chi connectivity index (χ4v) is 5.66. The Morgan fingerprint density at radius 1 is 0.574 bits per heavy atom. The smallest absolute Gasteiger partial charge is 0.289 e. The molecule has 0 aromatic heterocycles. The van der Waals surface area contributed by atoms with Gasteiger partial charge in [0.1, 0.15) is 0 Å². The monoisotopic (exact) mass is 683 g/mol. The molecule has 1 heterocycles. The van der Waals surface area contributed by atoms with E-state index in [2.05, 4.69) is 0 Å². The molecule has 1 aliphatic heterocycles. The van der Waals surface area contributed by atoms with Crippen LogP contribution < -0.4 is 9.47 Å². The van der Waals surface area contributed by atoms with Gasteiger partial charge in [-0.3, -0.25) is 4.79 Å². The summed E-state index contributed by atoms with van der Waals surface area (Å²) in [7, 11) is 1.71. The van der Waals surface area contributed by atoms with Crippen molar-refractivity contribution in [2.45, 2.75) is 53.4 Å². The Morgan fingerprint density at radius 3 is 1.36 bits per heavy atom. The molecule has 1 saturated heterocycles. The van der Waals surface area contributed by atoms with Crippen LogP contribution in [0.4, 0.5) is 0 Å². The van der Waals surface area contributed by atoms with Gasteiger partial charge in [0.25, 0.3) is 23.4 Å². The molecule has 1 unspecified atom stereocenters. The van der Waals surface area contributed by atoms with Crippen molar-refractivity contribution in [1.29, 1.82) is 0 Å². The van der Waals surface area contributed by atoms with Crippen LogP contribution in [0.2, 0.25) is 0 Å². The van der Waals surface area contributed by atoms with Crippen LogP contribution in [0.5, 0.6) is 51.7 Å². The number of phenols is 7. The average molecular weight is 683 g/mol. The second-order valence-electron chi connectivity index (χ2n) is 10.8. The van der Waals surface area contributed by atoms with Crippen molar-refractivity contribution in [3.05, 3.63) is 16.7 Å². The summed E-state index contributed by atoms with van der Waals surface area (Å²) in [5.41, 5.74) is -13.7. The summed E-state index contributed by atoms with van der Waals surface area (Å²) in [6.07, 6.45) is -2.69. The van der Waals surface area contributed by atoms with Crippen LogP contribution in [0, 0.1) is 0 Å². The second-order valence-corrected chi connectivity index (χ2v) is 10.8. The highest BCUT2D eigenvalue weighted by Gasteiger charge is 2.87. The molecule has 0 bridgehead atoms. The zero-order valence-corrected chi connectivity index (χ0v) is 23.6. The number of Topliss-reactive ketones (excluding diaryl/α,β-unsaturated/α-hetero) is 1. The van der Waals surface area contributed by atoms with E-state index < -0.39 is 132 Å². The third kappa shape index (κ3) is 3.87. The van der Waals surface area contributed by atoms with Crippen LogP contribution in [-0.2, 0) is 12.3 Å². The largest absolute Gasteiger partial charge is 0.504 e. The highest BCUT2D eigenvalue weighted by atomic mass is 16.7.